The molecule has 15 heavy (non-hydrogen) atoms. The zero-order chi connectivity index (χ0) is 10.7. The molecule has 0 aromatic rings. The lowest BCUT2D eigenvalue weighted by Gasteiger charge is -2.36. The molecule has 2 fully saturated rings. The summed E-state index contributed by atoms with van der Waals surface area (Å²) in [5.41, 5.74) is -0.153. The Hall–Kier alpha value is -0.670. The van der Waals surface area contributed by atoms with E-state index in [-0.39, 0.29) is 17.3 Å². The predicted octanol–water partition coefficient (Wildman–Crippen LogP) is 1.72. The third-order valence-electron chi connectivity index (χ3n) is 3.29. The number of carbonyl (C=O) groups excluding carboxylic acids is 1. The maximum absolute atomic E-state index is 11.8. The van der Waals surface area contributed by atoms with E-state index in [2.05, 4.69) is 0 Å². The number of rotatable bonds is 2. The SMILES string of the molecule is C/C=C/C(=O)C1CCOC2(CCOC2)C1. The Labute approximate surface area is 90.4 Å². The van der Waals surface area contributed by atoms with Crippen molar-refractivity contribution in [2.45, 2.75) is 31.8 Å². The highest BCUT2D eigenvalue weighted by atomic mass is 16.6. The molecular formula is C12H18O3. The first kappa shape index (κ1) is 10.8. The summed E-state index contributed by atoms with van der Waals surface area (Å²) in [6.07, 6.45) is 6.11. The zero-order valence-electron chi connectivity index (χ0n) is 9.20. The van der Waals surface area contributed by atoms with Crippen LogP contribution >= 0.6 is 0 Å². The van der Waals surface area contributed by atoms with Crippen molar-refractivity contribution in [1.82, 2.24) is 0 Å². The van der Waals surface area contributed by atoms with Gasteiger partial charge in [-0.1, -0.05) is 6.08 Å². The van der Waals surface area contributed by atoms with Crippen LogP contribution in [0.3, 0.4) is 0 Å². The summed E-state index contributed by atoms with van der Waals surface area (Å²) in [5, 5.41) is 0. The lowest BCUT2D eigenvalue weighted by Crippen LogP contribution is -2.42. The average Bonchev–Trinajstić information content (AvgIpc) is 2.67. The van der Waals surface area contributed by atoms with Crippen LogP contribution in [0, 0.1) is 5.92 Å². The highest BCUT2D eigenvalue weighted by Crippen LogP contribution is 2.36. The Bertz CT molecular complexity index is 264. The van der Waals surface area contributed by atoms with Crippen LogP contribution in [0.4, 0.5) is 0 Å². The van der Waals surface area contributed by atoms with E-state index >= 15 is 0 Å². The quantitative estimate of drug-likeness (QED) is 0.651. The first-order valence-corrected chi connectivity index (χ1v) is 5.64. The molecule has 2 saturated heterocycles. The van der Waals surface area contributed by atoms with Crippen LogP contribution in [0.25, 0.3) is 0 Å². The smallest absolute Gasteiger partial charge is 0.158 e. The van der Waals surface area contributed by atoms with E-state index in [1.54, 1.807) is 6.08 Å². The Morgan fingerprint density at radius 3 is 3.00 bits per heavy atom. The van der Waals surface area contributed by atoms with Crippen LogP contribution in [0.15, 0.2) is 12.2 Å². The third-order valence-corrected chi connectivity index (χ3v) is 3.29. The molecule has 1 spiro atoms. The molecule has 0 saturated carbocycles. The minimum atomic E-state index is -0.153. The number of carbonyl (C=O) groups is 1. The third kappa shape index (κ3) is 2.29. The topological polar surface area (TPSA) is 35.5 Å². The maximum Gasteiger partial charge on any atom is 0.158 e. The predicted molar refractivity (Wildman–Crippen MR) is 56.7 cm³/mol. The average molecular weight is 210 g/mol. The maximum atomic E-state index is 11.8. The molecule has 3 nitrogen and oxygen atoms in total. The first-order valence-electron chi connectivity index (χ1n) is 5.64. The van der Waals surface area contributed by atoms with Gasteiger partial charge in [-0.25, -0.2) is 0 Å². The van der Waals surface area contributed by atoms with E-state index in [9.17, 15) is 4.79 Å². The minimum absolute atomic E-state index is 0.136. The van der Waals surface area contributed by atoms with E-state index in [0.29, 0.717) is 13.2 Å². The van der Waals surface area contributed by atoms with Crippen molar-refractivity contribution in [2.75, 3.05) is 19.8 Å². The van der Waals surface area contributed by atoms with Crippen LogP contribution in [0.1, 0.15) is 26.2 Å². The standard InChI is InChI=1S/C12H18O3/c1-2-3-11(13)10-4-6-15-12(8-10)5-7-14-9-12/h2-3,10H,4-9H2,1H3/b3-2+. The second-order valence-electron chi connectivity index (χ2n) is 4.43. The van der Waals surface area contributed by atoms with Gasteiger partial charge < -0.3 is 9.47 Å². The second kappa shape index (κ2) is 4.45. The van der Waals surface area contributed by atoms with Crippen molar-refractivity contribution in [3.05, 3.63) is 12.2 Å². The molecule has 0 aliphatic carbocycles. The highest BCUT2D eigenvalue weighted by molar-refractivity contribution is 5.91. The van der Waals surface area contributed by atoms with Gasteiger partial charge in [0.15, 0.2) is 5.78 Å². The molecule has 3 heteroatoms. The van der Waals surface area contributed by atoms with Gasteiger partial charge in [0.2, 0.25) is 0 Å². The fraction of sp³-hybridized carbons (Fsp3) is 0.750. The zero-order valence-corrected chi connectivity index (χ0v) is 9.20. The van der Waals surface area contributed by atoms with Gasteiger partial charge in [-0.15, -0.1) is 0 Å². The number of ketones is 1. The van der Waals surface area contributed by atoms with E-state index in [4.69, 9.17) is 9.47 Å². The number of allylic oxidation sites excluding steroid dienone is 2. The van der Waals surface area contributed by atoms with Crippen molar-refractivity contribution in [3.63, 3.8) is 0 Å². The van der Waals surface area contributed by atoms with Gasteiger partial charge in [-0.05, 0) is 25.8 Å². The van der Waals surface area contributed by atoms with Crippen molar-refractivity contribution in [3.8, 4) is 0 Å². The van der Waals surface area contributed by atoms with Gasteiger partial charge in [-0.3, -0.25) is 4.79 Å². The van der Waals surface area contributed by atoms with Crippen LogP contribution in [-0.2, 0) is 14.3 Å². The molecule has 2 heterocycles. The van der Waals surface area contributed by atoms with Crippen molar-refractivity contribution >= 4 is 5.78 Å². The molecule has 0 radical (unpaired) electrons. The van der Waals surface area contributed by atoms with Crippen molar-refractivity contribution < 1.29 is 14.3 Å². The largest absolute Gasteiger partial charge is 0.378 e. The van der Waals surface area contributed by atoms with E-state index < -0.39 is 0 Å². The highest BCUT2D eigenvalue weighted by Gasteiger charge is 2.42. The number of ether oxygens (including phenoxy) is 2. The van der Waals surface area contributed by atoms with Crippen LogP contribution < -0.4 is 0 Å². The van der Waals surface area contributed by atoms with Crippen LogP contribution in [0.5, 0.6) is 0 Å². The molecule has 84 valence electrons. The molecule has 0 bridgehead atoms. The minimum Gasteiger partial charge on any atom is -0.378 e. The lowest BCUT2D eigenvalue weighted by molar-refractivity contribution is -0.132. The summed E-state index contributed by atoms with van der Waals surface area (Å²) in [6, 6.07) is 0. The van der Waals surface area contributed by atoms with Crippen LogP contribution in [0.2, 0.25) is 0 Å². The van der Waals surface area contributed by atoms with Crippen molar-refractivity contribution in [2.24, 2.45) is 5.92 Å². The monoisotopic (exact) mass is 210 g/mol. The summed E-state index contributed by atoms with van der Waals surface area (Å²) < 4.78 is 11.2. The van der Waals surface area contributed by atoms with Gasteiger partial charge >= 0.3 is 0 Å². The number of hydrogen-bond acceptors (Lipinski definition) is 3. The molecule has 0 aromatic carbocycles. The van der Waals surface area contributed by atoms with Gasteiger partial charge in [0.1, 0.15) is 0 Å². The van der Waals surface area contributed by atoms with Crippen molar-refractivity contribution in [1.29, 1.82) is 0 Å². The Balaban J connectivity index is 2.00. The van der Waals surface area contributed by atoms with E-state index in [1.807, 2.05) is 13.0 Å². The Kier molecular flexibility index (Phi) is 3.22. The van der Waals surface area contributed by atoms with Gasteiger partial charge in [0.05, 0.1) is 12.2 Å². The van der Waals surface area contributed by atoms with Gasteiger partial charge in [-0.2, -0.15) is 0 Å². The Morgan fingerprint density at radius 2 is 2.33 bits per heavy atom. The molecule has 2 aliphatic heterocycles. The van der Waals surface area contributed by atoms with E-state index in [1.165, 1.54) is 0 Å². The fourth-order valence-electron chi connectivity index (χ4n) is 2.43. The lowest BCUT2D eigenvalue weighted by atomic mass is 9.83. The van der Waals surface area contributed by atoms with Gasteiger partial charge in [0, 0.05) is 25.6 Å². The molecule has 0 amide bonds. The summed E-state index contributed by atoms with van der Waals surface area (Å²) >= 11 is 0. The molecule has 2 unspecified atom stereocenters. The molecule has 2 aliphatic rings. The summed E-state index contributed by atoms with van der Waals surface area (Å²) in [5.74, 6) is 0.378. The molecule has 0 aromatic heterocycles. The summed E-state index contributed by atoms with van der Waals surface area (Å²) in [7, 11) is 0. The molecule has 2 atom stereocenters. The molecule has 2 rings (SSSR count). The second-order valence-corrected chi connectivity index (χ2v) is 4.43. The molecular weight excluding hydrogens is 192 g/mol. The Morgan fingerprint density at radius 1 is 1.47 bits per heavy atom. The molecule has 0 N–H and O–H groups in total. The number of hydrogen-bond donors (Lipinski definition) is 0. The van der Waals surface area contributed by atoms with Crippen LogP contribution in [-0.4, -0.2) is 31.2 Å². The fourth-order valence-corrected chi connectivity index (χ4v) is 2.43. The van der Waals surface area contributed by atoms with Gasteiger partial charge in [0.25, 0.3) is 0 Å². The summed E-state index contributed by atoms with van der Waals surface area (Å²) in [4.78, 5) is 11.8. The first-order chi connectivity index (χ1) is 7.26. The summed E-state index contributed by atoms with van der Waals surface area (Å²) in [6.45, 7) is 4.00. The van der Waals surface area contributed by atoms with E-state index in [0.717, 1.165) is 25.9 Å². The normalized spacial score (nSPS) is 36.5.